The van der Waals surface area contributed by atoms with Gasteiger partial charge in [-0.2, -0.15) is 0 Å². The fraction of sp³-hybridized carbons (Fsp3) is 0.0714. The first-order valence-corrected chi connectivity index (χ1v) is 20.2. The van der Waals surface area contributed by atoms with Gasteiger partial charge >= 0.3 is 0 Å². The van der Waals surface area contributed by atoms with Crippen molar-refractivity contribution < 1.29 is 0 Å². The average molecular weight is 745 g/mol. The summed E-state index contributed by atoms with van der Waals surface area (Å²) in [5.74, 6) is 0. The highest BCUT2D eigenvalue weighted by Crippen LogP contribution is 2.46. The van der Waals surface area contributed by atoms with Crippen LogP contribution in [0.5, 0.6) is 0 Å². The first-order valence-electron chi connectivity index (χ1n) is 20.2. The third-order valence-electron chi connectivity index (χ3n) is 11.5. The molecule has 10 aromatic rings. The van der Waals surface area contributed by atoms with Crippen LogP contribution in [0.3, 0.4) is 0 Å². The fourth-order valence-electron chi connectivity index (χ4n) is 8.69. The molecule has 278 valence electrons. The van der Waals surface area contributed by atoms with Crippen LogP contribution in [-0.4, -0.2) is 4.57 Å². The Morgan fingerprint density at radius 3 is 1.78 bits per heavy atom. The predicted octanol–water partition coefficient (Wildman–Crippen LogP) is 15.7. The summed E-state index contributed by atoms with van der Waals surface area (Å²) in [5.41, 5.74) is 15.4. The number of nitrogens with zero attached hydrogens (tertiary/aromatic N) is 2. The number of hydrogen-bond donors (Lipinski definition) is 0. The zero-order valence-electron chi connectivity index (χ0n) is 33.1. The van der Waals surface area contributed by atoms with Crippen LogP contribution in [-0.2, 0) is 5.41 Å². The number of fused-ring (bicyclic) bond motifs is 4. The molecular weight excluding hydrogens is 701 g/mol. The minimum atomic E-state index is 0.0419. The molecule has 0 radical (unpaired) electrons. The fourth-order valence-corrected chi connectivity index (χ4v) is 8.69. The number of para-hydroxylation sites is 3. The summed E-state index contributed by atoms with van der Waals surface area (Å²) in [4.78, 5) is 2.44. The molecule has 58 heavy (non-hydrogen) atoms. The van der Waals surface area contributed by atoms with Gasteiger partial charge in [0.2, 0.25) is 0 Å². The quantitative estimate of drug-likeness (QED) is 0.158. The van der Waals surface area contributed by atoms with E-state index >= 15 is 0 Å². The number of benzene rings is 9. The minimum absolute atomic E-state index is 0.0419. The highest BCUT2D eigenvalue weighted by molar-refractivity contribution is 6.11. The van der Waals surface area contributed by atoms with Crippen molar-refractivity contribution in [2.75, 3.05) is 4.90 Å². The first kappa shape index (κ1) is 35.3. The Hall–Kier alpha value is -7.16. The Morgan fingerprint density at radius 1 is 0.397 bits per heavy atom. The van der Waals surface area contributed by atoms with Gasteiger partial charge in [0, 0.05) is 33.4 Å². The topological polar surface area (TPSA) is 8.17 Å². The first-order chi connectivity index (χ1) is 28.4. The summed E-state index contributed by atoms with van der Waals surface area (Å²) in [7, 11) is 0. The van der Waals surface area contributed by atoms with E-state index in [4.69, 9.17) is 0 Å². The van der Waals surface area contributed by atoms with Crippen LogP contribution < -0.4 is 4.90 Å². The van der Waals surface area contributed by atoms with Gasteiger partial charge in [0.1, 0.15) is 0 Å². The summed E-state index contributed by atoms with van der Waals surface area (Å²) in [6, 6.07) is 77.5. The van der Waals surface area contributed by atoms with E-state index in [2.05, 4.69) is 243 Å². The molecule has 0 unspecified atom stereocenters. The van der Waals surface area contributed by atoms with Crippen LogP contribution in [0, 0.1) is 0 Å². The van der Waals surface area contributed by atoms with Gasteiger partial charge in [0.15, 0.2) is 0 Å². The van der Waals surface area contributed by atoms with Crippen molar-refractivity contribution in [2.45, 2.75) is 26.2 Å². The highest BCUT2D eigenvalue weighted by atomic mass is 15.1. The lowest BCUT2D eigenvalue weighted by molar-refractivity contribution is 0.590. The molecule has 0 saturated carbocycles. The van der Waals surface area contributed by atoms with E-state index in [1.165, 1.54) is 71.5 Å². The van der Waals surface area contributed by atoms with Crippen molar-refractivity contribution in [3.8, 4) is 39.1 Å². The number of hydrogen-bond acceptors (Lipinski definition) is 1. The summed E-state index contributed by atoms with van der Waals surface area (Å²) in [5, 5.41) is 4.97. The number of aromatic nitrogens is 1. The predicted molar refractivity (Wildman–Crippen MR) is 248 cm³/mol. The van der Waals surface area contributed by atoms with Crippen LogP contribution in [0.25, 0.3) is 71.6 Å². The molecule has 0 saturated heterocycles. The molecule has 0 aliphatic heterocycles. The molecule has 0 aliphatic carbocycles. The summed E-state index contributed by atoms with van der Waals surface area (Å²) >= 11 is 0. The molecule has 0 atom stereocenters. The van der Waals surface area contributed by atoms with E-state index in [1.54, 1.807) is 0 Å². The summed E-state index contributed by atoms with van der Waals surface area (Å²) < 4.78 is 2.38. The average Bonchev–Trinajstić information content (AvgIpc) is 3.61. The van der Waals surface area contributed by atoms with E-state index < -0.39 is 0 Å². The molecule has 2 nitrogen and oxygen atoms in total. The van der Waals surface area contributed by atoms with Gasteiger partial charge in [-0.1, -0.05) is 172 Å². The number of anilines is 3. The Bertz CT molecular complexity index is 3070. The van der Waals surface area contributed by atoms with Crippen molar-refractivity contribution in [3.63, 3.8) is 0 Å². The zero-order chi connectivity index (χ0) is 39.2. The van der Waals surface area contributed by atoms with Gasteiger partial charge in [-0.3, -0.25) is 0 Å². The van der Waals surface area contributed by atoms with Gasteiger partial charge in [0.25, 0.3) is 0 Å². The Morgan fingerprint density at radius 2 is 1.00 bits per heavy atom. The second-order valence-corrected chi connectivity index (χ2v) is 16.2. The smallest absolute Gasteiger partial charge is 0.0541 e. The van der Waals surface area contributed by atoms with E-state index in [-0.39, 0.29) is 5.41 Å². The molecule has 10 rings (SSSR count). The van der Waals surface area contributed by atoms with Gasteiger partial charge in [-0.15, -0.1) is 0 Å². The molecule has 0 bridgehead atoms. The standard InChI is InChI=1S/C56H44N2/c1-56(2,3)43-32-34-45(35-33-43)57(52-29-12-10-25-48(52)50-28-16-20-40-19-15-27-47(55(40)50)39-17-6-4-7-18-39)46-24-14-21-41(37-46)42-31-36-54-51(38-42)49-26-11-13-30-53(49)58(54)44-22-8-5-9-23-44/h4-38H,1-3H3. The van der Waals surface area contributed by atoms with Crippen molar-refractivity contribution in [3.05, 3.63) is 218 Å². The Balaban J connectivity index is 1.16. The van der Waals surface area contributed by atoms with E-state index in [1.807, 2.05) is 0 Å². The molecule has 0 spiro atoms. The van der Waals surface area contributed by atoms with Gasteiger partial charge in [-0.25, -0.2) is 0 Å². The second-order valence-electron chi connectivity index (χ2n) is 16.2. The van der Waals surface area contributed by atoms with Crippen molar-refractivity contribution in [1.82, 2.24) is 4.57 Å². The molecule has 0 amide bonds. The number of rotatable bonds is 7. The summed E-state index contributed by atoms with van der Waals surface area (Å²) in [6.45, 7) is 6.83. The summed E-state index contributed by atoms with van der Waals surface area (Å²) in [6.07, 6.45) is 0. The van der Waals surface area contributed by atoms with E-state index in [0.717, 1.165) is 22.7 Å². The van der Waals surface area contributed by atoms with Crippen LogP contribution >= 0.6 is 0 Å². The van der Waals surface area contributed by atoms with Crippen LogP contribution in [0.15, 0.2) is 212 Å². The van der Waals surface area contributed by atoms with E-state index in [0.29, 0.717) is 0 Å². The Kier molecular flexibility index (Phi) is 8.76. The van der Waals surface area contributed by atoms with Gasteiger partial charge < -0.3 is 9.47 Å². The molecule has 1 heterocycles. The monoisotopic (exact) mass is 744 g/mol. The molecule has 0 fully saturated rings. The molecule has 0 aliphatic rings. The normalized spacial score (nSPS) is 11.7. The SMILES string of the molecule is CC(C)(C)c1ccc(N(c2cccc(-c3ccc4c(c3)c3ccccc3n4-c3ccccc3)c2)c2ccccc2-c2cccc3cccc(-c4ccccc4)c23)cc1. The third kappa shape index (κ3) is 6.24. The maximum absolute atomic E-state index is 2.44. The van der Waals surface area contributed by atoms with Crippen LogP contribution in [0.2, 0.25) is 0 Å². The molecule has 2 heteroatoms. The highest BCUT2D eigenvalue weighted by Gasteiger charge is 2.22. The van der Waals surface area contributed by atoms with Gasteiger partial charge in [0.05, 0.1) is 16.7 Å². The maximum atomic E-state index is 2.44. The largest absolute Gasteiger partial charge is 0.310 e. The second kappa shape index (κ2) is 14.4. The lowest BCUT2D eigenvalue weighted by Crippen LogP contribution is -2.14. The van der Waals surface area contributed by atoms with Crippen molar-refractivity contribution >= 4 is 49.6 Å². The zero-order valence-corrected chi connectivity index (χ0v) is 33.1. The van der Waals surface area contributed by atoms with Gasteiger partial charge in [-0.05, 0) is 110 Å². The Labute approximate surface area is 340 Å². The van der Waals surface area contributed by atoms with E-state index in [9.17, 15) is 0 Å². The molecule has 0 N–H and O–H groups in total. The lowest BCUT2D eigenvalue weighted by atomic mass is 9.87. The maximum Gasteiger partial charge on any atom is 0.0541 e. The third-order valence-corrected chi connectivity index (χ3v) is 11.5. The molecular formula is C56H44N2. The van der Waals surface area contributed by atoms with Crippen molar-refractivity contribution in [2.24, 2.45) is 0 Å². The van der Waals surface area contributed by atoms with Crippen LogP contribution in [0.1, 0.15) is 26.3 Å². The molecule has 1 aromatic heterocycles. The van der Waals surface area contributed by atoms with Crippen molar-refractivity contribution in [1.29, 1.82) is 0 Å². The minimum Gasteiger partial charge on any atom is -0.310 e. The van der Waals surface area contributed by atoms with Crippen LogP contribution in [0.4, 0.5) is 17.1 Å². The lowest BCUT2D eigenvalue weighted by Gasteiger charge is -2.29. The molecule has 9 aromatic carbocycles.